The monoisotopic (exact) mass is 387 g/mol. The molecule has 3 heterocycles. The number of rotatable bonds is 4. The van der Waals surface area contributed by atoms with Crippen molar-refractivity contribution in [3.8, 4) is 0 Å². The Labute approximate surface area is 167 Å². The quantitative estimate of drug-likeness (QED) is 0.533. The number of fused-ring (bicyclic) bond motifs is 3. The molecule has 29 heavy (non-hydrogen) atoms. The number of benzene rings is 2. The molecule has 4 aromatic rings. The minimum atomic E-state index is -0.225. The van der Waals surface area contributed by atoms with Gasteiger partial charge in [-0.05, 0) is 42.7 Å². The van der Waals surface area contributed by atoms with E-state index in [1.807, 2.05) is 43.3 Å². The van der Waals surface area contributed by atoms with Crippen molar-refractivity contribution in [2.24, 2.45) is 0 Å². The first-order valence-corrected chi connectivity index (χ1v) is 9.73. The Hall–Kier alpha value is -3.38. The summed E-state index contributed by atoms with van der Waals surface area (Å²) in [5.41, 5.74) is 4.38. The van der Waals surface area contributed by atoms with Crippen molar-refractivity contribution < 1.29 is 9.15 Å². The summed E-state index contributed by atoms with van der Waals surface area (Å²) in [4.78, 5) is 19.8. The molecule has 146 valence electrons. The van der Waals surface area contributed by atoms with Gasteiger partial charge in [0.15, 0.2) is 5.82 Å². The van der Waals surface area contributed by atoms with Gasteiger partial charge in [0.2, 0.25) is 0 Å². The number of nitrogens with one attached hydrogen (secondary N) is 2. The smallest absolute Gasteiger partial charge is 0.291 e. The average Bonchev–Trinajstić information content (AvgIpc) is 3.13. The SMILES string of the molecule is CC(Nc1ncc(C2=CCOCC2)[nH]c1=O)c1ccc2oc3ccccc3c2c1. The molecule has 5 rings (SSSR count). The molecule has 0 saturated heterocycles. The third-order valence-corrected chi connectivity index (χ3v) is 5.35. The second-order valence-electron chi connectivity index (χ2n) is 7.25. The van der Waals surface area contributed by atoms with Crippen LogP contribution in [0.5, 0.6) is 0 Å². The van der Waals surface area contributed by atoms with Gasteiger partial charge in [0.05, 0.1) is 31.1 Å². The van der Waals surface area contributed by atoms with Gasteiger partial charge in [0, 0.05) is 10.8 Å². The van der Waals surface area contributed by atoms with Crippen LogP contribution in [-0.4, -0.2) is 23.2 Å². The number of ether oxygens (including phenoxy) is 1. The van der Waals surface area contributed by atoms with Crippen LogP contribution in [0, 0.1) is 0 Å². The van der Waals surface area contributed by atoms with Gasteiger partial charge in [0.1, 0.15) is 11.2 Å². The summed E-state index contributed by atoms with van der Waals surface area (Å²) >= 11 is 0. The highest BCUT2D eigenvalue weighted by Gasteiger charge is 2.14. The molecule has 0 fully saturated rings. The van der Waals surface area contributed by atoms with E-state index < -0.39 is 0 Å². The van der Waals surface area contributed by atoms with E-state index in [1.165, 1.54) is 0 Å². The molecule has 2 aromatic carbocycles. The van der Waals surface area contributed by atoms with Gasteiger partial charge in [0.25, 0.3) is 5.56 Å². The van der Waals surface area contributed by atoms with Crippen molar-refractivity contribution in [2.45, 2.75) is 19.4 Å². The summed E-state index contributed by atoms with van der Waals surface area (Å²) in [5, 5.41) is 5.38. The van der Waals surface area contributed by atoms with Gasteiger partial charge in [-0.25, -0.2) is 4.98 Å². The van der Waals surface area contributed by atoms with Crippen molar-refractivity contribution >= 4 is 33.3 Å². The maximum absolute atomic E-state index is 12.5. The fourth-order valence-corrected chi connectivity index (χ4v) is 3.74. The van der Waals surface area contributed by atoms with E-state index in [-0.39, 0.29) is 11.6 Å². The Kier molecular flexibility index (Phi) is 4.41. The zero-order valence-electron chi connectivity index (χ0n) is 16.1. The zero-order valence-corrected chi connectivity index (χ0v) is 16.1. The van der Waals surface area contributed by atoms with E-state index in [0.29, 0.717) is 19.0 Å². The van der Waals surface area contributed by atoms with Crippen LogP contribution in [0.2, 0.25) is 0 Å². The Morgan fingerprint density at radius 3 is 2.83 bits per heavy atom. The molecule has 2 aromatic heterocycles. The summed E-state index contributed by atoms with van der Waals surface area (Å²) in [6.45, 7) is 3.25. The molecule has 1 aliphatic rings. The molecule has 6 heteroatoms. The predicted octanol–water partition coefficient (Wildman–Crippen LogP) is 4.65. The van der Waals surface area contributed by atoms with Crippen LogP contribution < -0.4 is 10.9 Å². The highest BCUT2D eigenvalue weighted by molar-refractivity contribution is 6.05. The summed E-state index contributed by atoms with van der Waals surface area (Å²) < 4.78 is 11.2. The first-order chi connectivity index (χ1) is 14.2. The number of nitrogens with zero attached hydrogens (tertiary/aromatic N) is 1. The van der Waals surface area contributed by atoms with Crippen molar-refractivity contribution in [3.63, 3.8) is 0 Å². The summed E-state index contributed by atoms with van der Waals surface area (Å²) in [7, 11) is 0. The minimum absolute atomic E-state index is 0.0881. The summed E-state index contributed by atoms with van der Waals surface area (Å²) in [6.07, 6.45) is 4.47. The van der Waals surface area contributed by atoms with Crippen LogP contribution in [0.3, 0.4) is 0 Å². The zero-order chi connectivity index (χ0) is 19.8. The maximum atomic E-state index is 12.5. The predicted molar refractivity (Wildman–Crippen MR) is 114 cm³/mol. The number of hydrogen-bond donors (Lipinski definition) is 2. The third kappa shape index (κ3) is 3.32. The Morgan fingerprint density at radius 2 is 2.00 bits per heavy atom. The lowest BCUT2D eigenvalue weighted by Crippen LogP contribution is -2.20. The molecule has 2 N–H and O–H groups in total. The van der Waals surface area contributed by atoms with Crippen molar-refractivity contribution in [2.75, 3.05) is 18.5 Å². The Bertz CT molecular complexity index is 1290. The lowest BCUT2D eigenvalue weighted by Gasteiger charge is -2.16. The van der Waals surface area contributed by atoms with E-state index in [1.54, 1.807) is 6.20 Å². The van der Waals surface area contributed by atoms with Crippen molar-refractivity contribution in [1.82, 2.24) is 9.97 Å². The molecular weight excluding hydrogens is 366 g/mol. The second kappa shape index (κ2) is 7.22. The normalized spacial score (nSPS) is 15.4. The molecule has 0 spiro atoms. The number of hydrogen-bond acceptors (Lipinski definition) is 5. The number of para-hydroxylation sites is 1. The number of aromatic nitrogens is 2. The van der Waals surface area contributed by atoms with E-state index in [4.69, 9.17) is 9.15 Å². The Balaban J connectivity index is 1.42. The molecule has 6 nitrogen and oxygen atoms in total. The largest absolute Gasteiger partial charge is 0.456 e. The van der Waals surface area contributed by atoms with Gasteiger partial charge < -0.3 is 19.5 Å². The van der Waals surface area contributed by atoms with Crippen molar-refractivity contribution in [1.29, 1.82) is 0 Å². The number of H-pyrrole nitrogens is 1. The molecular formula is C23H21N3O3. The van der Waals surface area contributed by atoms with Crippen LogP contribution in [0.4, 0.5) is 5.82 Å². The first kappa shape index (κ1) is 17.7. The van der Waals surface area contributed by atoms with Crippen LogP contribution in [-0.2, 0) is 4.74 Å². The van der Waals surface area contributed by atoms with Crippen LogP contribution >= 0.6 is 0 Å². The number of furan rings is 1. The highest BCUT2D eigenvalue weighted by Crippen LogP contribution is 2.31. The Morgan fingerprint density at radius 1 is 1.14 bits per heavy atom. The standard InChI is InChI=1S/C23H21N3O3/c1-14(16-6-7-21-18(12-16)17-4-2-3-5-20(17)29-21)25-22-23(27)26-19(13-24-22)15-8-10-28-11-9-15/h2-8,12-14H,9-11H2,1H3,(H,24,25)(H,26,27). The van der Waals surface area contributed by atoms with Crippen LogP contribution in [0.1, 0.15) is 30.6 Å². The van der Waals surface area contributed by atoms with Gasteiger partial charge in [-0.15, -0.1) is 0 Å². The fraction of sp³-hybridized carbons (Fsp3) is 0.217. The van der Waals surface area contributed by atoms with E-state index in [2.05, 4.69) is 27.4 Å². The maximum Gasteiger partial charge on any atom is 0.291 e. The van der Waals surface area contributed by atoms with Crippen LogP contribution in [0.15, 0.2) is 63.9 Å². The lowest BCUT2D eigenvalue weighted by molar-refractivity contribution is 0.161. The third-order valence-electron chi connectivity index (χ3n) is 5.35. The minimum Gasteiger partial charge on any atom is -0.456 e. The van der Waals surface area contributed by atoms with E-state index in [9.17, 15) is 4.79 Å². The van der Waals surface area contributed by atoms with E-state index in [0.717, 1.165) is 45.2 Å². The van der Waals surface area contributed by atoms with Gasteiger partial charge in [-0.2, -0.15) is 0 Å². The molecule has 1 aliphatic heterocycles. The number of anilines is 1. The summed E-state index contributed by atoms with van der Waals surface area (Å²) in [5.74, 6) is 0.311. The molecule has 0 aliphatic carbocycles. The molecule has 0 saturated carbocycles. The highest BCUT2D eigenvalue weighted by atomic mass is 16.5. The van der Waals surface area contributed by atoms with Crippen molar-refractivity contribution in [3.05, 3.63) is 76.3 Å². The lowest BCUT2D eigenvalue weighted by atomic mass is 10.0. The van der Waals surface area contributed by atoms with Crippen LogP contribution in [0.25, 0.3) is 27.5 Å². The number of aromatic amines is 1. The fourth-order valence-electron chi connectivity index (χ4n) is 3.74. The molecule has 1 atom stereocenters. The molecule has 0 amide bonds. The van der Waals surface area contributed by atoms with Gasteiger partial charge >= 0.3 is 0 Å². The van der Waals surface area contributed by atoms with E-state index >= 15 is 0 Å². The van der Waals surface area contributed by atoms with Gasteiger partial charge in [-0.3, -0.25) is 4.79 Å². The molecule has 1 unspecified atom stereocenters. The average molecular weight is 387 g/mol. The molecule has 0 radical (unpaired) electrons. The van der Waals surface area contributed by atoms with Gasteiger partial charge in [-0.1, -0.05) is 30.3 Å². The summed E-state index contributed by atoms with van der Waals surface area (Å²) in [6, 6.07) is 14.0. The topological polar surface area (TPSA) is 80.2 Å². The molecule has 0 bridgehead atoms. The second-order valence-corrected chi connectivity index (χ2v) is 7.25. The first-order valence-electron chi connectivity index (χ1n) is 9.73.